The monoisotopic (exact) mass is 238 g/mol. The fourth-order valence-electron chi connectivity index (χ4n) is 2.21. The number of ether oxygens (including phenoxy) is 1. The minimum atomic E-state index is -0.223. The Morgan fingerprint density at radius 1 is 1.41 bits per heavy atom. The number of rotatable bonds is 3. The molecular weight excluding hydrogens is 219 g/mol. The van der Waals surface area contributed by atoms with Gasteiger partial charge in [0.05, 0.1) is 0 Å². The molecular formula is C13H19FN2O. The first-order chi connectivity index (χ1) is 8.09. The van der Waals surface area contributed by atoms with E-state index in [0.717, 1.165) is 25.1 Å². The number of halogens is 1. The second-order valence-electron chi connectivity index (χ2n) is 4.81. The van der Waals surface area contributed by atoms with Crippen LogP contribution in [0.4, 0.5) is 10.1 Å². The molecule has 0 bridgehead atoms. The van der Waals surface area contributed by atoms with Gasteiger partial charge in [-0.3, -0.25) is 0 Å². The van der Waals surface area contributed by atoms with Crippen LogP contribution in [-0.2, 0) is 4.74 Å². The Morgan fingerprint density at radius 3 is 2.76 bits per heavy atom. The highest BCUT2D eigenvalue weighted by Gasteiger charge is 2.29. The lowest BCUT2D eigenvalue weighted by atomic mass is 9.91. The molecule has 0 saturated carbocycles. The minimum absolute atomic E-state index is 0.215. The van der Waals surface area contributed by atoms with E-state index in [1.165, 1.54) is 12.1 Å². The Labute approximate surface area is 101 Å². The highest BCUT2D eigenvalue weighted by atomic mass is 19.1. The molecule has 17 heavy (non-hydrogen) atoms. The van der Waals surface area contributed by atoms with Crippen molar-refractivity contribution >= 4 is 5.69 Å². The van der Waals surface area contributed by atoms with Crippen molar-refractivity contribution in [3.8, 4) is 0 Å². The molecule has 0 aliphatic carbocycles. The SMILES string of the molecule is CN(CC1(N)CCOCC1)c1cccc(F)c1. The molecule has 2 N–H and O–H groups in total. The van der Waals surface area contributed by atoms with Gasteiger partial charge in [-0.1, -0.05) is 6.07 Å². The van der Waals surface area contributed by atoms with Gasteiger partial charge >= 0.3 is 0 Å². The van der Waals surface area contributed by atoms with Crippen molar-refractivity contribution in [1.82, 2.24) is 0 Å². The third kappa shape index (κ3) is 3.17. The highest BCUT2D eigenvalue weighted by Crippen LogP contribution is 2.22. The lowest BCUT2D eigenvalue weighted by Crippen LogP contribution is -2.52. The normalized spacial score (nSPS) is 19.0. The molecule has 1 heterocycles. The summed E-state index contributed by atoms with van der Waals surface area (Å²) in [4.78, 5) is 2.01. The van der Waals surface area contributed by atoms with Gasteiger partial charge in [-0.2, -0.15) is 0 Å². The van der Waals surface area contributed by atoms with E-state index in [0.29, 0.717) is 13.2 Å². The van der Waals surface area contributed by atoms with Gasteiger partial charge in [-0.15, -0.1) is 0 Å². The molecule has 2 rings (SSSR count). The van der Waals surface area contributed by atoms with Crippen molar-refractivity contribution < 1.29 is 9.13 Å². The van der Waals surface area contributed by atoms with E-state index < -0.39 is 0 Å². The average molecular weight is 238 g/mol. The summed E-state index contributed by atoms with van der Waals surface area (Å²) in [5.41, 5.74) is 6.96. The first kappa shape index (κ1) is 12.3. The number of nitrogens with two attached hydrogens (primary N) is 1. The average Bonchev–Trinajstić information content (AvgIpc) is 2.29. The fourth-order valence-corrected chi connectivity index (χ4v) is 2.21. The molecule has 1 fully saturated rings. The molecule has 1 aliphatic heterocycles. The lowest BCUT2D eigenvalue weighted by molar-refractivity contribution is 0.0558. The van der Waals surface area contributed by atoms with Crippen LogP contribution >= 0.6 is 0 Å². The molecule has 0 aromatic heterocycles. The third-order valence-electron chi connectivity index (χ3n) is 3.29. The first-order valence-electron chi connectivity index (χ1n) is 5.92. The number of anilines is 1. The van der Waals surface area contributed by atoms with Gasteiger partial charge in [0.2, 0.25) is 0 Å². The largest absolute Gasteiger partial charge is 0.381 e. The summed E-state index contributed by atoms with van der Waals surface area (Å²) in [6.45, 7) is 2.15. The zero-order valence-corrected chi connectivity index (χ0v) is 10.2. The highest BCUT2D eigenvalue weighted by molar-refractivity contribution is 5.46. The van der Waals surface area contributed by atoms with E-state index in [9.17, 15) is 4.39 Å². The minimum Gasteiger partial charge on any atom is -0.381 e. The van der Waals surface area contributed by atoms with Crippen LogP contribution < -0.4 is 10.6 Å². The number of likely N-dealkylation sites (N-methyl/N-ethyl adjacent to an activating group) is 1. The molecule has 0 spiro atoms. The Bertz CT molecular complexity index is 377. The topological polar surface area (TPSA) is 38.5 Å². The summed E-state index contributed by atoms with van der Waals surface area (Å²) >= 11 is 0. The van der Waals surface area contributed by atoms with Gasteiger partial charge in [0, 0.05) is 38.0 Å². The molecule has 3 nitrogen and oxygen atoms in total. The maximum Gasteiger partial charge on any atom is 0.125 e. The third-order valence-corrected chi connectivity index (χ3v) is 3.29. The lowest BCUT2D eigenvalue weighted by Gasteiger charge is -2.37. The van der Waals surface area contributed by atoms with Crippen molar-refractivity contribution in [3.05, 3.63) is 30.1 Å². The number of hydrogen-bond donors (Lipinski definition) is 1. The summed E-state index contributed by atoms with van der Waals surface area (Å²) in [7, 11) is 1.94. The van der Waals surface area contributed by atoms with E-state index in [1.54, 1.807) is 6.07 Å². The molecule has 1 aromatic carbocycles. The van der Waals surface area contributed by atoms with E-state index in [-0.39, 0.29) is 11.4 Å². The van der Waals surface area contributed by atoms with E-state index in [4.69, 9.17) is 10.5 Å². The molecule has 0 amide bonds. The maximum absolute atomic E-state index is 13.1. The van der Waals surface area contributed by atoms with Crippen LogP contribution in [0.25, 0.3) is 0 Å². The van der Waals surface area contributed by atoms with Crippen molar-refractivity contribution in [2.75, 3.05) is 31.7 Å². The summed E-state index contributed by atoms with van der Waals surface area (Å²) in [5, 5.41) is 0. The van der Waals surface area contributed by atoms with E-state index in [1.807, 2.05) is 18.0 Å². The quantitative estimate of drug-likeness (QED) is 0.872. The molecule has 0 unspecified atom stereocenters. The van der Waals surface area contributed by atoms with Crippen molar-refractivity contribution in [2.24, 2.45) is 5.73 Å². The molecule has 1 saturated heterocycles. The Balaban J connectivity index is 2.03. The van der Waals surface area contributed by atoms with Gasteiger partial charge in [0.25, 0.3) is 0 Å². The Morgan fingerprint density at radius 2 is 2.12 bits per heavy atom. The van der Waals surface area contributed by atoms with Crippen molar-refractivity contribution in [1.29, 1.82) is 0 Å². The zero-order valence-electron chi connectivity index (χ0n) is 10.2. The standard InChI is InChI=1S/C13H19FN2O/c1-16(12-4-2-3-11(14)9-12)10-13(15)5-7-17-8-6-13/h2-4,9H,5-8,10,15H2,1H3. The van der Waals surface area contributed by atoms with Gasteiger partial charge in [0.1, 0.15) is 5.82 Å². The smallest absolute Gasteiger partial charge is 0.125 e. The van der Waals surface area contributed by atoms with E-state index in [2.05, 4.69) is 0 Å². The van der Waals surface area contributed by atoms with Gasteiger partial charge in [0.15, 0.2) is 0 Å². The van der Waals surface area contributed by atoms with Crippen LogP contribution in [0.1, 0.15) is 12.8 Å². The van der Waals surface area contributed by atoms with Crippen LogP contribution in [0.3, 0.4) is 0 Å². The predicted octanol–water partition coefficient (Wildman–Crippen LogP) is 1.77. The van der Waals surface area contributed by atoms with Crippen LogP contribution in [0, 0.1) is 5.82 Å². The van der Waals surface area contributed by atoms with Crippen LogP contribution in [0.5, 0.6) is 0 Å². The predicted molar refractivity (Wildman–Crippen MR) is 66.6 cm³/mol. The summed E-state index contributed by atoms with van der Waals surface area (Å²) in [6, 6.07) is 6.59. The van der Waals surface area contributed by atoms with Gasteiger partial charge < -0.3 is 15.4 Å². The number of benzene rings is 1. The Hall–Kier alpha value is -1.13. The second kappa shape index (κ2) is 5.02. The summed E-state index contributed by atoms with van der Waals surface area (Å²) in [5.74, 6) is -0.215. The fraction of sp³-hybridized carbons (Fsp3) is 0.538. The van der Waals surface area contributed by atoms with Crippen LogP contribution in [0.15, 0.2) is 24.3 Å². The molecule has 94 valence electrons. The van der Waals surface area contributed by atoms with Crippen molar-refractivity contribution in [3.63, 3.8) is 0 Å². The second-order valence-corrected chi connectivity index (χ2v) is 4.81. The molecule has 0 atom stereocenters. The zero-order chi connectivity index (χ0) is 12.3. The van der Waals surface area contributed by atoms with Gasteiger partial charge in [-0.25, -0.2) is 4.39 Å². The van der Waals surface area contributed by atoms with Gasteiger partial charge in [-0.05, 0) is 31.0 Å². The molecule has 0 radical (unpaired) electrons. The molecule has 1 aliphatic rings. The number of hydrogen-bond acceptors (Lipinski definition) is 3. The molecule has 1 aromatic rings. The summed E-state index contributed by atoms with van der Waals surface area (Å²) < 4.78 is 18.4. The maximum atomic E-state index is 13.1. The summed E-state index contributed by atoms with van der Waals surface area (Å²) in [6.07, 6.45) is 1.71. The number of nitrogens with zero attached hydrogens (tertiary/aromatic N) is 1. The Kier molecular flexibility index (Phi) is 3.64. The molecule has 4 heteroatoms. The van der Waals surface area contributed by atoms with Crippen molar-refractivity contribution in [2.45, 2.75) is 18.4 Å². The van der Waals surface area contributed by atoms with Crippen LogP contribution in [0.2, 0.25) is 0 Å². The van der Waals surface area contributed by atoms with Crippen LogP contribution in [-0.4, -0.2) is 32.3 Å². The first-order valence-corrected chi connectivity index (χ1v) is 5.92. The van der Waals surface area contributed by atoms with E-state index >= 15 is 0 Å².